The quantitative estimate of drug-likeness (QED) is 0.895. The van der Waals surface area contributed by atoms with Gasteiger partial charge < -0.3 is 10.6 Å². The summed E-state index contributed by atoms with van der Waals surface area (Å²) in [6, 6.07) is 0.679. The van der Waals surface area contributed by atoms with E-state index >= 15 is 0 Å². The largest absolute Gasteiger partial charge is 0.337 e. The highest BCUT2D eigenvalue weighted by molar-refractivity contribution is 5.92. The molecule has 6 nitrogen and oxygen atoms in total. The number of hydrogen-bond acceptors (Lipinski definition) is 4. The van der Waals surface area contributed by atoms with Crippen LogP contribution in [0.5, 0.6) is 0 Å². The summed E-state index contributed by atoms with van der Waals surface area (Å²) < 4.78 is 1.86. The zero-order valence-electron chi connectivity index (χ0n) is 11.6. The molecule has 1 aromatic rings. The van der Waals surface area contributed by atoms with Gasteiger partial charge in [-0.1, -0.05) is 5.21 Å². The van der Waals surface area contributed by atoms with Gasteiger partial charge in [-0.25, -0.2) is 4.68 Å². The van der Waals surface area contributed by atoms with Crippen LogP contribution in [0.2, 0.25) is 0 Å². The summed E-state index contributed by atoms with van der Waals surface area (Å²) in [5.74, 6) is 0.0243. The van der Waals surface area contributed by atoms with Crippen molar-refractivity contribution in [3.05, 3.63) is 11.9 Å². The second-order valence-electron chi connectivity index (χ2n) is 5.65. The summed E-state index contributed by atoms with van der Waals surface area (Å²) >= 11 is 0. The summed E-state index contributed by atoms with van der Waals surface area (Å²) in [6.45, 7) is 1.70. The van der Waals surface area contributed by atoms with Gasteiger partial charge in [0.25, 0.3) is 5.91 Å². The lowest BCUT2D eigenvalue weighted by molar-refractivity contribution is 0.0787. The molecule has 0 atom stereocenters. The minimum Gasteiger partial charge on any atom is -0.337 e. The summed E-state index contributed by atoms with van der Waals surface area (Å²) in [5, 5.41) is 8.18. The summed E-state index contributed by atoms with van der Waals surface area (Å²) in [6.07, 6.45) is 8.12. The van der Waals surface area contributed by atoms with Crippen LogP contribution in [0.4, 0.5) is 0 Å². The fourth-order valence-corrected chi connectivity index (χ4v) is 3.00. The monoisotopic (exact) mass is 299 g/mol. The number of carbonyl (C=O) groups excluding carboxylic acids is 1. The van der Waals surface area contributed by atoms with Crippen molar-refractivity contribution in [1.82, 2.24) is 19.9 Å². The molecule has 0 bridgehead atoms. The van der Waals surface area contributed by atoms with Crippen LogP contribution in [0.25, 0.3) is 0 Å². The fourth-order valence-electron chi connectivity index (χ4n) is 3.00. The van der Waals surface area contributed by atoms with Gasteiger partial charge in [-0.3, -0.25) is 4.79 Å². The molecule has 0 radical (unpaired) electrons. The molecule has 1 saturated carbocycles. The minimum atomic E-state index is 0. The molecular formula is C13H22ClN5O. The zero-order valence-corrected chi connectivity index (χ0v) is 12.4. The molecule has 1 amide bonds. The van der Waals surface area contributed by atoms with Crippen LogP contribution in [0, 0.1) is 0 Å². The normalized spacial score (nSPS) is 26.4. The van der Waals surface area contributed by atoms with Gasteiger partial charge in [-0.15, -0.1) is 17.5 Å². The van der Waals surface area contributed by atoms with E-state index < -0.39 is 0 Å². The van der Waals surface area contributed by atoms with Crippen LogP contribution in [0.15, 0.2) is 6.20 Å². The third-order valence-electron chi connectivity index (χ3n) is 4.24. The van der Waals surface area contributed by atoms with Crippen molar-refractivity contribution in [2.24, 2.45) is 5.73 Å². The van der Waals surface area contributed by atoms with Crippen molar-refractivity contribution >= 4 is 18.3 Å². The van der Waals surface area contributed by atoms with Gasteiger partial charge in [0.15, 0.2) is 5.69 Å². The molecule has 1 saturated heterocycles. The van der Waals surface area contributed by atoms with Gasteiger partial charge >= 0.3 is 0 Å². The minimum absolute atomic E-state index is 0. The number of hydrogen-bond donors (Lipinski definition) is 1. The third kappa shape index (κ3) is 3.12. The van der Waals surface area contributed by atoms with Crippen molar-refractivity contribution in [2.45, 2.75) is 50.6 Å². The maximum atomic E-state index is 12.2. The Morgan fingerprint density at radius 2 is 1.85 bits per heavy atom. The summed E-state index contributed by atoms with van der Waals surface area (Å²) in [7, 11) is 0. The van der Waals surface area contributed by atoms with Gasteiger partial charge in [0.1, 0.15) is 0 Å². The van der Waals surface area contributed by atoms with Gasteiger partial charge in [-0.2, -0.15) is 0 Å². The molecule has 1 aromatic heterocycles. The molecule has 1 aliphatic carbocycles. The van der Waals surface area contributed by atoms with Crippen molar-refractivity contribution < 1.29 is 4.79 Å². The second-order valence-corrected chi connectivity index (χ2v) is 5.65. The van der Waals surface area contributed by atoms with Crippen LogP contribution in [-0.2, 0) is 0 Å². The molecule has 1 aliphatic heterocycles. The van der Waals surface area contributed by atoms with Crippen molar-refractivity contribution in [1.29, 1.82) is 0 Å². The third-order valence-corrected chi connectivity index (χ3v) is 4.24. The van der Waals surface area contributed by atoms with Gasteiger partial charge in [0, 0.05) is 19.1 Å². The molecule has 3 rings (SSSR count). The average molecular weight is 300 g/mol. The Balaban J connectivity index is 0.00000147. The Kier molecular flexibility index (Phi) is 4.99. The number of aromatic nitrogens is 3. The molecule has 0 spiro atoms. The van der Waals surface area contributed by atoms with Crippen LogP contribution in [-0.4, -0.2) is 44.9 Å². The number of likely N-dealkylation sites (tertiary alicyclic amines) is 1. The smallest absolute Gasteiger partial charge is 0.276 e. The number of halogens is 1. The van der Waals surface area contributed by atoms with E-state index in [1.54, 1.807) is 0 Å². The molecular weight excluding hydrogens is 278 g/mol. The van der Waals surface area contributed by atoms with E-state index in [0.29, 0.717) is 17.8 Å². The zero-order chi connectivity index (χ0) is 13.2. The number of amides is 1. The SMILES string of the molecule is Cl.N[C@H]1CC[C@@H](n2cc(C(=O)N3CCCC3)nn2)CC1. The maximum Gasteiger partial charge on any atom is 0.276 e. The van der Waals surface area contributed by atoms with Crippen LogP contribution < -0.4 is 5.73 Å². The van der Waals surface area contributed by atoms with E-state index in [1.807, 2.05) is 15.8 Å². The molecule has 2 aliphatic rings. The first-order chi connectivity index (χ1) is 9.24. The lowest BCUT2D eigenvalue weighted by Gasteiger charge is -2.25. The first-order valence-electron chi connectivity index (χ1n) is 7.21. The molecule has 2 fully saturated rings. The second kappa shape index (κ2) is 6.54. The fraction of sp³-hybridized carbons (Fsp3) is 0.769. The number of rotatable bonds is 2. The molecule has 2 heterocycles. The Morgan fingerprint density at radius 3 is 2.50 bits per heavy atom. The lowest BCUT2D eigenvalue weighted by Crippen LogP contribution is -2.28. The van der Waals surface area contributed by atoms with E-state index in [9.17, 15) is 4.79 Å². The topological polar surface area (TPSA) is 77.0 Å². The molecule has 0 aromatic carbocycles. The molecule has 7 heteroatoms. The summed E-state index contributed by atoms with van der Waals surface area (Å²) in [4.78, 5) is 14.1. The number of carbonyl (C=O) groups is 1. The van der Waals surface area contributed by atoms with Crippen LogP contribution in [0.3, 0.4) is 0 Å². The van der Waals surface area contributed by atoms with Gasteiger partial charge in [-0.05, 0) is 38.5 Å². The van der Waals surface area contributed by atoms with Crippen LogP contribution in [0.1, 0.15) is 55.1 Å². The van der Waals surface area contributed by atoms with Crippen molar-refractivity contribution in [3.8, 4) is 0 Å². The van der Waals surface area contributed by atoms with Crippen LogP contribution >= 0.6 is 12.4 Å². The van der Waals surface area contributed by atoms with Gasteiger partial charge in [0.2, 0.25) is 0 Å². The standard InChI is InChI=1S/C13H21N5O.ClH/c14-10-3-5-11(6-4-10)18-9-12(15-16-18)13(19)17-7-1-2-8-17;/h9-11H,1-8,14H2;1H/t10-,11+;. The van der Waals surface area contributed by atoms with Crippen molar-refractivity contribution in [3.63, 3.8) is 0 Å². The van der Waals surface area contributed by atoms with E-state index in [4.69, 9.17) is 5.73 Å². The highest BCUT2D eigenvalue weighted by Crippen LogP contribution is 2.27. The van der Waals surface area contributed by atoms with E-state index in [1.165, 1.54) is 0 Å². The Labute approximate surface area is 125 Å². The molecule has 112 valence electrons. The van der Waals surface area contributed by atoms with E-state index in [0.717, 1.165) is 51.6 Å². The number of nitrogens with two attached hydrogens (primary N) is 1. The molecule has 0 unspecified atom stereocenters. The maximum absolute atomic E-state index is 12.2. The lowest BCUT2D eigenvalue weighted by atomic mass is 9.92. The first kappa shape index (κ1) is 15.3. The highest BCUT2D eigenvalue weighted by atomic mass is 35.5. The average Bonchev–Trinajstić information content (AvgIpc) is 3.10. The Morgan fingerprint density at radius 1 is 1.20 bits per heavy atom. The Bertz CT molecular complexity index is 449. The molecule has 20 heavy (non-hydrogen) atoms. The number of nitrogens with zero attached hydrogens (tertiary/aromatic N) is 4. The predicted octanol–water partition coefficient (Wildman–Crippen LogP) is 1.38. The predicted molar refractivity (Wildman–Crippen MR) is 77.9 cm³/mol. The highest BCUT2D eigenvalue weighted by Gasteiger charge is 2.25. The Hall–Kier alpha value is -1.14. The summed E-state index contributed by atoms with van der Waals surface area (Å²) in [5.41, 5.74) is 6.39. The van der Waals surface area contributed by atoms with Crippen molar-refractivity contribution in [2.75, 3.05) is 13.1 Å². The molecule has 2 N–H and O–H groups in total. The van der Waals surface area contributed by atoms with E-state index in [2.05, 4.69) is 10.3 Å². The van der Waals surface area contributed by atoms with Gasteiger partial charge in [0.05, 0.1) is 12.2 Å². The van der Waals surface area contributed by atoms with E-state index in [-0.39, 0.29) is 18.3 Å². The first-order valence-corrected chi connectivity index (χ1v) is 7.21.